The number of hydrogen-bond donors (Lipinski definition) is 1. The predicted molar refractivity (Wildman–Crippen MR) is 87.9 cm³/mol. The molecule has 2 aliphatic rings. The number of ether oxygens (including phenoxy) is 4. The van der Waals surface area contributed by atoms with E-state index in [1.165, 1.54) is 7.11 Å². The van der Waals surface area contributed by atoms with Crippen molar-refractivity contribution in [1.82, 2.24) is 0 Å². The molecule has 24 heavy (non-hydrogen) atoms. The average molecular weight is 340 g/mol. The first kappa shape index (κ1) is 19.0. The van der Waals surface area contributed by atoms with Crippen LogP contribution in [0, 0.1) is 0 Å². The van der Waals surface area contributed by atoms with Crippen molar-refractivity contribution in [2.75, 3.05) is 7.11 Å². The minimum atomic E-state index is -1.24. The number of rotatable bonds is 7. The fourth-order valence-corrected chi connectivity index (χ4v) is 3.44. The van der Waals surface area contributed by atoms with Gasteiger partial charge in [-0.25, -0.2) is 4.79 Å². The molecule has 0 aromatic rings. The molecule has 0 aromatic heterocycles. The maximum atomic E-state index is 12.1. The Kier molecular flexibility index (Phi) is 5.42. The van der Waals surface area contributed by atoms with Crippen LogP contribution in [0.3, 0.4) is 0 Å². The number of carbonyl (C=O) groups excluding carboxylic acids is 1. The summed E-state index contributed by atoms with van der Waals surface area (Å²) >= 11 is 0. The van der Waals surface area contributed by atoms with Crippen LogP contribution in [-0.4, -0.2) is 41.8 Å². The first-order valence-corrected chi connectivity index (χ1v) is 8.42. The molecule has 0 radical (unpaired) electrons. The molecule has 6 nitrogen and oxygen atoms in total. The van der Waals surface area contributed by atoms with Crippen LogP contribution in [0.25, 0.3) is 0 Å². The summed E-state index contributed by atoms with van der Waals surface area (Å²) in [5, 5.41) is 11.0. The van der Waals surface area contributed by atoms with Crippen molar-refractivity contribution < 1.29 is 28.8 Å². The van der Waals surface area contributed by atoms with E-state index in [0.717, 1.165) is 25.7 Å². The summed E-state index contributed by atoms with van der Waals surface area (Å²) in [6.45, 7) is 11.1. The number of cyclic esters (lactones) is 1. The van der Waals surface area contributed by atoms with Crippen LogP contribution in [0.1, 0.15) is 53.4 Å². The fraction of sp³-hybridized carbons (Fsp3) is 0.722. The third-order valence-electron chi connectivity index (χ3n) is 4.56. The third-order valence-corrected chi connectivity index (χ3v) is 4.56. The molecule has 0 unspecified atom stereocenters. The standard InChI is InChI=1S/C18H28O6/c1-7-8-9-10-12-18(5,24-17(3,4)23-12)15(19)13-14(21-6)11(2)22-16(13)20/h12,15,19H,2,7-10H2,1,3-6H3/t12-,15-,18+/m0/s1. The van der Waals surface area contributed by atoms with Gasteiger partial charge in [-0.05, 0) is 27.2 Å². The highest BCUT2D eigenvalue weighted by Gasteiger charge is 2.57. The van der Waals surface area contributed by atoms with Gasteiger partial charge in [0.15, 0.2) is 17.3 Å². The summed E-state index contributed by atoms with van der Waals surface area (Å²) in [5.41, 5.74) is -1.05. The molecule has 0 aliphatic carbocycles. The molecule has 0 amide bonds. The lowest BCUT2D eigenvalue weighted by molar-refractivity contribution is -0.176. The summed E-state index contributed by atoms with van der Waals surface area (Å²) in [6.07, 6.45) is 2.25. The number of esters is 1. The second-order valence-corrected chi connectivity index (χ2v) is 6.95. The molecule has 2 rings (SSSR count). The van der Waals surface area contributed by atoms with Crippen molar-refractivity contribution in [3.05, 3.63) is 23.7 Å². The second kappa shape index (κ2) is 6.86. The SMILES string of the molecule is C=C1OC(=O)C([C@H](O)[C@]2(C)OC(C)(C)O[C@H]2CCCCC)=C1OC. The number of aliphatic hydroxyl groups is 1. The van der Waals surface area contributed by atoms with Gasteiger partial charge < -0.3 is 24.1 Å². The van der Waals surface area contributed by atoms with Gasteiger partial charge in [0, 0.05) is 0 Å². The highest BCUT2D eigenvalue weighted by atomic mass is 16.8. The molecule has 3 atom stereocenters. The molecule has 0 saturated carbocycles. The number of unbranched alkanes of at least 4 members (excludes halogenated alkanes) is 2. The van der Waals surface area contributed by atoms with Gasteiger partial charge in [0.1, 0.15) is 17.3 Å². The molecule has 6 heteroatoms. The Bertz CT molecular complexity index is 550. The van der Waals surface area contributed by atoms with Gasteiger partial charge in [-0.15, -0.1) is 0 Å². The number of hydrogen-bond acceptors (Lipinski definition) is 6. The maximum absolute atomic E-state index is 12.1. The van der Waals surface area contributed by atoms with Crippen molar-refractivity contribution in [2.24, 2.45) is 0 Å². The molecule has 0 aromatic carbocycles. The van der Waals surface area contributed by atoms with Crippen molar-refractivity contribution in [3.8, 4) is 0 Å². The summed E-state index contributed by atoms with van der Waals surface area (Å²) in [4.78, 5) is 12.1. The van der Waals surface area contributed by atoms with E-state index in [2.05, 4.69) is 13.5 Å². The number of aliphatic hydroxyl groups excluding tert-OH is 1. The Hall–Kier alpha value is -1.37. The Balaban J connectivity index is 2.33. The van der Waals surface area contributed by atoms with Gasteiger partial charge in [-0.3, -0.25) is 0 Å². The minimum Gasteiger partial charge on any atom is -0.492 e. The van der Waals surface area contributed by atoms with E-state index in [9.17, 15) is 9.90 Å². The van der Waals surface area contributed by atoms with Crippen molar-refractivity contribution in [2.45, 2.75) is 77.0 Å². The zero-order chi connectivity index (χ0) is 18.1. The molecule has 1 fully saturated rings. The lowest BCUT2D eigenvalue weighted by Crippen LogP contribution is -2.50. The Morgan fingerprint density at radius 1 is 1.33 bits per heavy atom. The monoisotopic (exact) mass is 340 g/mol. The topological polar surface area (TPSA) is 74.2 Å². The van der Waals surface area contributed by atoms with Crippen molar-refractivity contribution >= 4 is 5.97 Å². The molecule has 2 aliphatic heterocycles. The smallest absolute Gasteiger partial charge is 0.346 e. The van der Waals surface area contributed by atoms with Crippen LogP contribution in [0.15, 0.2) is 23.7 Å². The molecule has 0 spiro atoms. The van der Waals surface area contributed by atoms with Crippen LogP contribution in [-0.2, 0) is 23.7 Å². The molecule has 2 heterocycles. The predicted octanol–water partition coefficient (Wildman–Crippen LogP) is 2.81. The lowest BCUT2D eigenvalue weighted by atomic mass is 9.85. The van der Waals surface area contributed by atoms with Crippen LogP contribution < -0.4 is 0 Å². The Labute approximate surface area is 143 Å². The minimum absolute atomic E-state index is 0.0341. The highest BCUT2D eigenvalue weighted by Crippen LogP contribution is 2.44. The van der Waals surface area contributed by atoms with E-state index in [0.29, 0.717) is 0 Å². The molecular weight excluding hydrogens is 312 g/mol. The van der Waals surface area contributed by atoms with Gasteiger partial charge in [-0.2, -0.15) is 0 Å². The van der Waals surface area contributed by atoms with Crippen LogP contribution in [0.2, 0.25) is 0 Å². The van der Waals surface area contributed by atoms with Crippen molar-refractivity contribution in [3.63, 3.8) is 0 Å². The molecule has 1 N–H and O–H groups in total. The third kappa shape index (κ3) is 3.36. The van der Waals surface area contributed by atoms with Gasteiger partial charge in [0.05, 0.1) is 13.2 Å². The first-order chi connectivity index (χ1) is 11.2. The van der Waals surface area contributed by atoms with Gasteiger partial charge in [-0.1, -0.05) is 32.8 Å². The number of methoxy groups -OCH3 is 1. The van der Waals surface area contributed by atoms with E-state index in [1.807, 2.05) is 0 Å². The maximum Gasteiger partial charge on any atom is 0.346 e. The van der Waals surface area contributed by atoms with Crippen molar-refractivity contribution in [1.29, 1.82) is 0 Å². The van der Waals surface area contributed by atoms with E-state index in [-0.39, 0.29) is 23.2 Å². The first-order valence-electron chi connectivity index (χ1n) is 8.42. The van der Waals surface area contributed by atoms with Crippen LogP contribution >= 0.6 is 0 Å². The molecule has 1 saturated heterocycles. The van der Waals surface area contributed by atoms with E-state index in [1.54, 1.807) is 20.8 Å². The summed E-state index contributed by atoms with van der Waals surface area (Å²) < 4.78 is 22.2. The highest BCUT2D eigenvalue weighted by molar-refractivity contribution is 5.95. The largest absolute Gasteiger partial charge is 0.492 e. The second-order valence-electron chi connectivity index (χ2n) is 6.95. The number of carbonyl (C=O) groups is 1. The fourth-order valence-electron chi connectivity index (χ4n) is 3.44. The van der Waals surface area contributed by atoms with E-state index >= 15 is 0 Å². The van der Waals surface area contributed by atoms with E-state index < -0.39 is 23.5 Å². The zero-order valence-corrected chi connectivity index (χ0v) is 15.2. The molecule has 0 bridgehead atoms. The Morgan fingerprint density at radius 3 is 2.58 bits per heavy atom. The van der Waals surface area contributed by atoms with Gasteiger partial charge >= 0.3 is 5.97 Å². The van der Waals surface area contributed by atoms with Gasteiger partial charge in [0.2, 0.25) is 0 Å². The molecular formula is C18H28O6. The summed E-state index contributed by atoms with van der Waals surface area (Å²) in [7, 11) is 1.41. The normalized spacial score (nSPS) is 30.7. The summed E-state index contributed by atoms with van der Waals surface area (Å²) in [6, 6.07) is 0. The lowest BCUT2D eigenvalue weighted by Gasteiger charge is -2.33. The van der Waals surface area contributed by atoms with E-state index in [4.69, 9.17) is 18.9 Å². The average Bonchev–Trinajstić information content (AvgIpc) is 2.91. The van der Waals surface area contributed by atoms with Crippen LogP contribution in [0.5, 0.6) is 0 Å². The summed E-state index contributed by atoms with van der Waals surface area (Å²) in [5.74, 6) is -1.25. The Morgan fingerprint density at radius 2 is 2.00 bits per heavy atom. The quantitative estimate of drug-likeness (QED) is 0.567. The zero-order valence-electron chi connectivity index (χ0n) is 15.2. The van der Waals surface area contributed by atoms with Crippen LogP contribution in [0.4, 0.5) is 0 Å². The molecule has 136 valence electrons. The van der Waals surface area contributed by atoms with Gasteiger partial charge in [0.25, 0.3) is 0 Å².